The zero-order valence-electron chi connectivity index (χ0n) is 19.2. The Morgan fingerprint density at radius 1 is 1.03 bits per heavy atom. The van der Waals surface area contributed by atoms with E-state index in [-0.39, 0.29) is 31.4 Å². The molecule has 5 rings (SSSR count). The lowest BCUT2D eigenvalue weighted by Crippen LogP contribution is -2.52. The summed E-state index contributed by atoms with van der Waals surface area (Å²) in [6, 6.07) is 12.2. The van der Waals surface area contributed by atoms with E-state index < -0.39 is 18.0 Å². The average Bonchev–Trinajstić information content (AvgIpc) is 3.64. The molecule has 9 nitrogen and oxygen atoms in total. The van der Waals surface area contributed by atoms with Crippen LogP contribution in [0, 0.1) is 5.92 Å². The molecule has 0 radical (unpaired) electrons. The Balaban J connectivity index is 1.10. The highest BCUT2D eigenvalue weighted by molar-refractivity contribution is 6.05. The number of piperidine rings is 1. The standard InChI is InChI=1S/C26H27N3O6/c30-23-10-9-22(24(31)28-23)29-13-19-6-3-18(11-21(19)25(29)32)12-27-26(33)35-15-17-4-7-20(8-5-17)34-14-16-1-2-16/h3-8,11,16,22H,1-2,9-10,12-15H2,(H,27,33)(H,28,30,31). The first kappa shape index (κ1) is 22.9. The van der Waals surface area contributed by atoms with Crippen molar-refractivity contribution < 1.29 is 28.7 Å². The summed E-state index contributed by atoms with van der Waals surface area (Å²) in [5.74, 6) is 0.503. The highest BCUT2D eigenvalue weighted by Crippen LogP contribution is 2.30. The van der Waals surface area contributed by atoms with Crippen LogP contribution in [0.4, 0.5) is 4.79 Å². The summed E-state index contributed by atoms with van der Waals surface area (Å²) in [4.78, 5) is 50.2. The lowest BCUT2D eigenvalue weighted by molar-refractivity contribution is -0.136. The molecule has 3 aliphatic rings. The van der Waals surface area contributed by atoms with Crippen LogP contribution in [0.3, 0.4) is 0 Å². The highest BCUT2D eigenvalue weighted by atomic mass is 16.5. The summed E-state index contributed by atoms with van der Waals surface area (Å²) in [5.41, 5.74) is 2.92. The number of ether oxygens (including phenoxy) is 2. The second-order valence-corrected chi connectivity index (χ2v) is 9.22. The first-order chi connectivity index (χ1) is 17.0. The van der Waals surface area contributed by atoms with Crippen LogP contribution < -0.4 is 15.4 Å². The van der Waals surface area contributed by atoms with Crippen molar-refractivity contribution in [3.63, 3.8) is 0 Å². The molecule has 0 aromatic heterocycles. The van der Waals surface area contributed by atoms with Gasteiger partial charge in [-0.3, -0.25) is 19.7 Å². The molecule has 1 saturated heterocycles. The molecule has 182 valence electrons. The first-order valence-electron chi connectivity index (χ1n) is 11.8. The van der Waals surface area contributed by atoms with Gasteiger partial charge in [-0.15, -0.1) is 0 Å². The molecule has 2 fully saturated rings. The van der Waals surface area contributed by atoms with E-state index in [1.165, 1.54) is 17.7 Å². The molecule has 9 heteroatoms. The van der Waals surface area contributed by atoms with Crippen molar-refractivity contribution in [2.75, 3.05) is 6.61 Å². The summed E-state index contributed by atoms with van der Waals surface area (Å²) in [6.07, 6.45) is 2.45. The fourth-order valence-electron chi connectivity index (χ4n) is 4.27. The predicted molar refractivity (Wildman–Crippen MR) is 124 cm³/mol. The van der Waals surface area contributed by atoms with Crippen LogP contribution in [0.25, 0.3) is 0 Å². The first-order valence-corrected chi connectivity index (χ1v) is 11.8. The van der Waals surface area contributed by atoms with E-state index >= 15 is 0 Å². The zero-order chi connectivity index (χ0) is 24.4. The molecule has 1 saturated carbocycles. The van der Waals surface area contributed by atoms with E-state index in [4.69, 9.17) is 9.47 Å². The molecule has 2 aromatic carbocycles. The van der Waals surface area contributed by atoms with Gasteiger partial charge in [0, 0.05) is 25.1 Å². The normalized spacial score (nSPS) is 19.3. The number of rotatable bonds is 8. The minimum absolute atomic E-state index is 0.137. The molecular weight excluding hydrogens is 450 g/mol. The van der Waals surface area contributed by atoms with Crippen molar-refractivity contribution in [3.05, 3.63) is 64.7 Å². The molecule has 1 unspecified atom stereocenters. The Morgan fingerprint density at radius 2 is 1.80 bits per heavy atom. The Kier molecular flexibility index (Phi) is 6.39. The number of fused-ring (bicyclic) bond motifs is 1. The van der Waals surface area contributed by atoms with Crippen molar-refractivity contribution in [3.8, 4) is 5.75 Å². The van der Waals surface area contributed by atoms with Crippen LogP contribution in [0.15, 0.2) is 42.5 Å². The topological polar surface area (TPSA) is 114 Å². The fraction of sp³-hybridized carbons (Fsp3) is 0.385. The molecule has 2 heterocycles. The number of nitrogens with one attached hydrogen (secondary N) is 2. The second kappa shape index (κ2) is 9.77. The van der Waals surface area contributed by atoms with Gasteiger partial charge in [-0.1, -0.05) is 24.3 Å². The number of amides is 4. The van der Waals surface area contributed by atoms with E-state index in [1.54, 1.807) is 6.07 Å². The largest absolute Gasteiger partial charge is 0.493 e. The van der Waals surface area contributed by atoms with Crippen molar-refractivity contribution in [1.29, 1.82) is 0 Å². The molecule has 1 atom stereocenters. The third-order valence-electron chi connectivity index (χ3n) is 6.51. The van der Waals surface area contributed by atoms with Gasteiger partial charge in [0.15, 0.2) is 0 Å². The third kappa shape index (κ3) is 5.45. The highest BCUT2D eigenvalue weighted by Gasteiger charge is 2.39. The van der Waals surface area contributed by atoms with E-state index in [0.29, 0.717) is 24.4 Å². The van der Waals surface area contributed by atoms with Gasteiger partial charge >= 0.3 is 6.09 Å². The third-order valence-corrected chi connectivity index (χ3v) is 6.51. The molecule has 4 amide bonds. The SMILES string of the molecule is O=C1CCC(N2Cc3ccc(CNC(=O)OCc4ccc(OCC5CC5)cc4)cc3C2=O)C(=O)N1. The maximum atomic E-state index is 12.9. The average molecular weight is 478 g/mol. The zero-order valence-corrected chi connectivity index (χ0v) is 19.2. The minimum Gasteiger partial charge on any atom is -0.493 e. The Morgan fingerprint density at radius 3 is 2.54 bits per heavy atom. The van der Waals surface area contributed by atoms with Crippen molar-refractivity contribution >= 4 is 23.8 Å². The van der Waals surface area contributed by atoms with E-state index in [0.717, 1.165) is 29.0 Å². The molecule has 2 aliphatic heterocycles. The van der Waals surface area contributed by atoms with E-state index in [1.807, 2.05) is 36.4 Å². The molecule has 0 bridgehead atoms. The summed E-state index contributed by atoms with van der Waals surface area (Å²) in [7, 11) is 0. The number of carbonyl (C=O) groups is 4. The Hall–Kier alpha value is -3.88. The van der Waals surface area contributed by atoms with Crippen molar-refractivity contribution in [2.45, 2.75) is 51.4 Å². The smallest absolute Gasteiger partial charge is 0.407 e. The summed E-state index contributed by atoms with van der Waals surface area (Å²) in [5, 5.41) is 5.00. The maximum absolute atomic E-state index is 12.9. The van der Waals surface area contributed by atoms with Crippen LogP contribution in [-0.4, -0.2) is 41.4 Å². The van der Waals surface area contributed by atoms with E-state index in [9.17, 15) is 19.2 Å². The van der Waals surface area contributed by atoms with Crippen LogP contribution in [0.2, 0.25) is 0 Å². The minimum atomic E-state index is -0.650. The predicted octanol–water partition coefficient (Wildman–Crippen LogP) is 2.66. The number of benzene rings is 2. The van der Waals surface area contributed by atoms with Gasteiger partial charge in [0.1, 0.15) is 18.4 Å². The summed E-state index contributed by atoms with van der Waals surface area (Å²) >= 11 is 0. The molecular formula is C26H27N3O6. The lowest BCUT2D eigenvalue weighted by atomic mass is 10.0. The molecule has 1 aliphatic carbocycles. The van der Waals surface area contributed by atoms with Crippen LogP contribution in [0.1, 0.15) is 52.7 Å². The quantitative estimate of drug-likeness (QED) is 0.565. The summed E-state index contributed by atoms with van der Waals surface area (Å²) in [6.45, 7) is 1.41. The Bertz CT molecular complexity index is 1160. The van der Waals surface area contributed by atoms with E-state index in [2.05, 4.69) is 10.6 Å². The van der Waals surface area contributed by atoms with Crippen LogP contribution >= 0.6 is 0 Å². The number of alkyl carbamates (subject to hydrolysis) is 1. The van der Waals surface area contributed by atoms with Gasteiger partial charge < -0.3 is 19.7 Å². The van der Waals surface area contributed by atoms with Crippen molar-refractivity contribution in [2.24, 2.45) is 5.92 Å². The maximum Gasteiger partial charge on any atom is 0.407 e. The molecule has 2 N–H and O–H groups in total. The molecule has 2 aromatic rings. The number of hydrogen-bond donors (Lipinski definition) is 2. The van der Waals surface area contributed by atoms with Gasteiger partial charge in [-0.05, 0) is 60.1 Å². The van der Waals surface area contributed by atoms with Crippen LogP contribution in [-0.2, 0) is 34.0 Å². The molecule has 0 spiro atoms. The van der Waals surface area contributed by atoms with Gasteiger partial charge in [0.05, 0.1) is 6.61 Å². The summed E-state index contributed by atoms with van der Waals surface area (Å²) < 4.78 is 11.0. The van der Waals surface area contributed by atoms with Crippen LogP contribution in [0.5, 0.6) is 5.75 Å². The lowest BCUT2D eigenvalue weighted by Gasteiger charge is -2.29. The number of hydrogen-bond acceptors (Lipinski definition) is 6. The Labute approximate surface area is 202 Å². The van der Waals surface area contributed by atoms with Gasteiger partial charge in [0.25, 0.3) is 5.91 Å². The second-order valence-electron chi connectivity index (χ2n) is 9.22. The van der Waals surface area contributed by atoms with Gasteiger partial charge in [0.2, 0.25) is 11.8 Å². The number of carbonyl (C=O) groups excluding carboxylic acids is 4. The van der Waals surface area contributed by atoms with Gasteiger partial charge in [-0.25, -0.2) is 4.79 Å². The number of nitrogens with zero attached hydrogens (tertiary/aromatic N) is 1. The van der Waals surface area contributed by atoms with Crippen molar-refractivity contribution in [1.82, 2.24) is 15.5 Å². The number of imide groups is 1. The van der Waals surface area contributed by atoms with Gasteiger partial charge in [-0.2, -0.15) is 0 Å². The molecule has 35 heavy (non-hydrogen) atoms. The fourth-order valence-corrected chi connectivity index (χ4v) is 4.27. The monoisotopic (exact) mass is 477 g/mol.